The number of nitrogens with one attached hydrogen (secondary N) is 1. The van der Waals surface area contributed by atoms with Gasteiger partial charge in [-0.05, 0) is 50.3 Å². The van der Waals surface area contributed by atoms with Gasteiger partial charge < -0.3 is 15.0 Å². The average Bonchev–Trinajstić information content (AvgIpc) is 3.19. The summed E-state index contributed by atoms with van der Waals surface area (Å²) in [4.78, 5) is 2.39. The van der Waals surface area contributed by atoms with Crippen LogP contribution < -0.4 is 15.0 Å². The third-order valence-electron chi connectivity index (χ3n) is 4.44. The summed E-state index contributed by atoms with van der Waals surface area (Å²) in [5.74, 6) is 1.62. The number of hydrogen-bond donors (Lipinski definition) is 1. The molecule has 1 aromatic rings. The lowest BCUT2D eigenvalue weighted by Gasteiger charge is -2.29. The number of methoxy groups -OCH3 is 1. The maximum atomic E-state index is 9.41. The molecule has 2 fully saturated rings. The van der Waals surface area contributed by atoms with Crippen LogP contribution in [0, 0.1) is 17.2 Å². The Morgan fingerprint density at radius 3 is 2.81 bits per heavy atom. The molecule has 0 bridgehead atoms. The number of rotatable bonds is 6. The molecule has 2 aliphatic rings. The normalized spacial score (nSPS) is 21.0. The summed E-state index contributed by atoms with van der Waals surface area (Å²) in [6.45, 7) is 3.16. The summed E-state index contributed by atoms with van der Waals surface area (Å²) < 4.78 is 5.34. The molecule has 1 saturated carbocycles. The lowest BCUT2D eigenvalue weighted by molar-refractivity contribution is 0.414. The van der Waals surface area contributed by atoms with Gasteiger partial charge in [0.2, 0.25) is 0 Å². The van der Waals surface area contributed by atoms with Crippen LogP contribution in [0.15, 0.2) is 18.2 Å². The molecular weight excluding hydrogens is 262 g/mol. The van der Waals surface area contributed by atoms with E-state index in [1.165, 1.54) is 25.7 Å². The van der Waals surface area contributed by atoms with Gasteiger partial charge in [-0.25, -0.2) is 0 Å². The maximum Gasteiger partial charge on any atom is 0.121 e. The van der Waals surface area contributed by atoms with Crippen molar-refractivity contribution in [1.82, 2.24) is 5.32 Å². The molecule has 1 unspecified atom stereocenters. The second-order valence-electron chi connectivity index (χ2n) is 6.14. The average molecular weight is 285 g/mol. The second-order valence-corrected chi connectivity index (χ2v) is 6.14. The van der Waals surface area contributed by atoms with E-state index in [9.17, 15) is 5.26 Å². The van der Waals surface area contributed by atoms with E-state index in [0.29, 0.717) is 6.04 Å². The monoisotopic (exact) mass is 285 g/mol. The van der Waals surface area contributed by atoms with E-state index >= 15 is 0 Å². The largest absolute Gasteiger partial charge is 0.497 e. The molecule has 1 heterocycles. The molecule has 0 amide bonds. The van der Waals surface area contributed by atoms with Gasteiger partial charge >= 0.3 is 0 Å². The number of nitriles is 1. The van der Waals surface area contributed by atoms with E-state index in [2.05, 4.69) is 16.3 Å². The van der Waals surface area contributed by atoms with E-state index < -0.39 is 0 Å². The molecule has 112 valence electrons. The highest BCUT2D eigenvalue weighted by molar-refractivity contribution is 5.62. The van der Waals surface area contributed by atoms with Crippen LogP contribution in [0.2, 0.25) is 0 Å². The van der Waals surface area contributed by atoms with Crippen molar-refractivity contribution in [3.05, 3.63) is 23.8 Å². The Hall–Kier alpha value is -1.73. The molecule has 1 aromatic carbocycles. The molecular formula is C17H23N3O. The number of benzene rings is 1. The number of nitrogens with zero attached hydrogens (tertiary/aromatic N) is 2. The highest BCUT2D eigenvalue weighted by Crippen LogP contribution is 2.34. The first-order chi connectivity index (χ1) is 10.3. The Kier molecular flexibility index (Phi) is 4.31. The smallest absolute Gasteiger partial charge is 0.121 e. The van der Waals surface area contributed by atoms with Crippen LogP contribution in [0.5, 0.6) is 5.75 Å². The zero-order valence-electron chi connectivity index (χ0n) is 12.6. The first kappa shape index (κ1) is 14.2. The summed E-state index contributed by atoms with van der Waals surface area (Å²) >= 11 is 0. The Morgan fingerprint density at radius 1 is 1.33 bits per heavy atom. The van der Waals surface area contributed by atoms with Gasteiger partial charge in [-0.3, -0.25) is 0 Å². The van der Waals surface area contributed by atoms with Crippen molar-refractivity contribution in [3.8, 4) is 11.8 Å². The summed E-state index contributed by atoms with van der Waals surface area (Å²) in [6.07, 6.45) is 5.12. The van der Waals surface area contributed by atoms with Crippen molar-refractivity contribution in [2.24, 2.45) is 5.92 Å². The third kappa shape index (κ3) is 3.48. The van der Waals surface area contributed by atoms with Crippen LogP contribution in [-0.4, -0.2) is 32.8 Å². The van der Waals surface area contributed by atoms with Gasteiger partial charge in [0.25, 0.3) is 0 Å². The van der Waals surface area contributed by atoms with E-state index in [1.54, 1.807) is 7.11 Å². The molecule has 1 aliphatic heterocycles. The van der Waals surface area contributed by atoms with Crippen molar-refractivity contribution in [2.75, 3.05) is 31.6 Å². The van der Waals surface area contributed by atoms with Gasteiger partial charge in [-0.1, -0.05) is 0 Å². The van der Waals surface area contributed by atoms with Gasteiger partial charge in [-0.15, -0.1) is 0 Å². The first-order valence-electron chi connectivity index (χ1n) is 7.86. The fourth-order valence-electron chi connectivity index (χ4n) is 3.06. The SMILES string of the molecule is COc1ccc(C#N)c(N(CC2CC2)CC2CCCN2)c1. The molecule has 0 aromatic heterocycles. The van der Waals surface area contributed by atoms with Crippen LogP contribution in [0.1, 0.15) is 31.2 Å². The molecule has 1 aliphatic carbocycles. The standard InChI is InChI=1S/C17H23N3O/c1-21-16-7-6-14(10-18)17(9-16)20(11-13-4-5-13)12-15-3-2-8-19-15/h6-7,9,13,15,19H,2-5,8,11-12H2,1H3. The minimum atomic E-state index is 0.543. The summed E-state index contributed by atoms with van der Waals surface area (Å²) in [5, 5.41) is 13.0. The topological polar surface area (TPSA) is 48.3 Å². The zero-order valence-corrected chi connectivity index (χ0v) is 12.6. The summed E-state index contributed by atoms with van der Waals surface area (Å²) in [7, 11) is 1.68. The van der Waals surface area contributed by atoms with Crippen LogP contribution in [-0.2, 0) is 0 Å². The predicted octanol–water partition coefficient (Wildman–Crippen LogP) is 2.54. The highest BCUT2D eigenvalue weighted by Gasteiger charge is 2.28. The Bertz CT molecular complexity index is 527. The third-order valence-corrected chi connectivity index (χ3v) is 4.44. The Balaban J connectivity index is 1.84. The molecule has 0 radical (unpaired) electrons. The fourth-order valence-corrected chi connectivity index (χ4v) is 3.06. The molecule has 3 rings (SSSR count). The van der Waals surface area contributed by atoms with Crippen molar-refractivity contribution < 1.29 is 4.74 Å². The minimum absolute atomic E-state index is 0.543. The van der Waals surface area contributed by atoms with E-state index in [0.717, 1.165) is 42.6 Å². The minimum Gasteiger partial charge on any atom is -0.497 e. The zero-order chi connectivity index (χ0) is 14.7. The van der Waals surface area contributed by atoms with Crippen molar-refractivity contribution in [3.63, 3.8) is 0 Å². The number of anilines is 1. The Morgan fingerprint density at radius 2 is 2.19 bits per heavy atom. The first-order valence-corrected chi connectivity index (χ1v) is 7.86. The van der Waals surface area contributed by atoms with Gasteiger partial charge in [-0.2, -0.15) is 5.26 Å². The molecule has 0 spiro atoms. The maximum absolute atomic E-state index is 9.41. The van der Waals surface area contributed by atoms with Crippen LogP contribution in [0.25, 0.3) is 0 Å². The van der Waals surface area contributed by atoms with Gasteiger partial charge in [0.15, 0.2) is 0 Å². The number of ether oxygens (including phenoxy) is 1. The van der Waals surface area contributed by atoms with E-state index in [1.807, 2.05) is 18.2 Å². The summed E-state index contributed by atoms with van der Waals surface area (Å²) in [6, 6.07) is 8.62. The highest BCUT2D eigenvalue weighted by atomic mass is 16.5. The lowest BCUT2D eigenvalue weighted by Crippen LogP contribution is -2.39. The molecule has 1 atom stereocenters. The quantitative estimate of drug-likeness (QED) is 0.872. The molecule has 1 saturated heterocycles. The fraction of sp³-hybridized carbons (Fsp3) is 0.588. The Labute approximate surface area is 126 Å². The molecule has 21 heavy (non-hydrogen) atoms. The van der Waals surface area contributed by atoms with Gasteiger partial charge in [0.1, 0.15) is 11.8 Å². The molecule has 4 heteroatoms. The second kappa shape index (κ2) is 6.36. The molecule has 1 N–H and O–H groups in total. The van der Waals surface area contributed by atoms with E-state index in [-0.39, 0.29) is 0 Å². The summed E-state index contributed by atoms with van der Waals surface area (Å²) in [5.41, 5.74) is 1.77. The van der Waals surface area contributed by atoms with Crippen molar-refractivity contribution in [1.29, 1.82) is 5.26 Å². The van der Waals surface area contributed by atoms with Gasteiger partial charge in [0.05, 0.1) is 18.4 Å². The lowest BCUT2D eigenvalue weighted by atomic mass is 10.1. The van der Waals surface area contributed by atoms with E-state index in [4.69, 9.17) is 4.74 Å². The van der Waals surface area contributed by atoms with Crippen molar-refractivity contribution >= 4 is 5.69 Å². The van der Waals surface area contributed by atoms with Crippen LogP contribution in [0.3, 0.4) is 0 Å². The number of hydrogen-bond acceptors (Lipinski definition) is 4. The van der Waals surface area contributed by atoms with Crippen LogP contribution >= 0.6 is 0 Å². The molecule has 4 nitrogen and oxygen atoms in total. The van der Waals surface area contributed by atoms with Crippen LogP contribution in [0.4, 0.5) is 5.69 Å². The van der Waals surface area contributed by atoms with Gasteiger partial charge in [0, 0.05) is 25.2 Å². The predicted molar refractivity (Wildman–Crippen MR) is 83.7 cm³/mol. The van der Waals surface area contributed by atoms with Crippen molar-refractivity contribution in [2.45, 2.75) is 31.7 Å².